The van der Waals surface area contributed by atoms with E-state index >= 15 is 0 Å². The summed E-state index contributed by atoms with van der Waals surface area (Å²) >= 11 is 0. The van der Waals surface area contributed by atoms with Gasteiger partial charge in [-0.05, 0) is 17.7 Å². The predicted octanol–water partition coefficient (Wildman–Crippen LogP) is 2.67. The Morgan fingerprint density at radius 1 is 1.30 bits per heavy atom. The van der Waals surface area contributed by atoms with Gasteiger partial charge in [-0.25, -0.2) is 0 Å². The fourth-order valence-electron chi connectivity index (χ4n) is 3.04. The van der Waals surface area contributed by atoms with Gasteiger partial charge in [0.25, 0.3) is 0 Å². The Hall–Kier alpha value is -0.950. The average molecular weight is 351 g/mol. The largest absolute Gasteiger partial charge is 0.435 e. The molecule has 1 aromatic rings. The van der Waals surface area contributed by atoms with E-state index in [2.05, 4.69) is 15.0 Å². The first-order valence-electron chi connectivity index (χ1n) is 7.54. The first-order valence-corrected chi connectivity index (χ1v) is 7.54. The van der Waals surface area contributed by atoms with Gasteiger partial charge in [0.1, 0.15) is 5.75 Å². The van der Waals surface area contributed by atoms with Crippen LogP contribution in [0.25, 0.3) is 0 Å². The molecule has 1 fully saturated rings. The molecule has 0 radical (unpaired) electrons. The molecule has 0 aliphatic carbocycles. The zero-order valence-electron chi connectivity index (χ0n) is 13.5. The van der Waals surface area contributed by atoms with E-state index in [9.17, 15) is 13.9 Å². The topological polar surface area (TPSA) is 44.7 Å². The van der Waals surface area contributed by atoms with Crippen LogP contribution in [0.4, 0.5) is 8.78 Å². The van der Waals surface area contributed by atoms with Crippen LogP contribution in [-0.2, 0) is 0 Å². The Labute approximate surface area is 142 Å². The average Bonchev–Trinajstić information content (AvgIpc) is 2.48. The molecule has 1 aliphatic heterocycles. The molecule has 0 spiro atoms. The van der Waals surface area contributed by atoms with Crippen molar-refractivity contribution in [2.24, 2.45) is 5.41 Å². The molecule has 23 heavy (non-hydrogen) atoms. The number of aliphatic hydroxyl groups excluding tert-OH is 1. The number of ether oxygens (including phenoxy) is 1. The summed E-state index contributed by atoms with van der Waals surface area (Å²) in [6.45, 7) is 4.62. The second-order valence-electron chi connectivity index (χ2n) is 6.29. The van der Waals surface area contributed by atoms with E-state index in [1.54, 1.807) is 12.1 Å². The van der Waals surface area contributed by atoms with Crippen LogP contribution in [0.2, 0.25) is 0 Å². The highest BCUT2D eigenvalue weighted by atomic mass is 35.5. The third-order valence-electron chi connectivity index (χ3n) is 4.06. The monoisotopic (exact) mass is 350 g/mol. The fourth-order valence-corrected chi connectivity index (χ4v) is 3.04. The van der Waals surface area contributed by atoms with E-state index in [0.29, 0.717) is 0 Å². The number of aliphatic hydroxyl groups is 1. The van der Waals surface area contributed by atoms with Gasteiger partial charge in [0.2, 0.25) is 0 Å². The van der Waals surface area contributed by atoms with Crippen molar-refractivity contribution in [3.63, 3.8) is 0 Å². The second-order valence-corrected chi connectivity index (χ2v) is 6.29. The van der Waals surface area contributed by atoms with Crippen LogP contribution in [0.15, 0.2) is 24.3 Å². The number of hydrogen-bond donors (Lipinski definition) is 2. The van der Waals surface area contributed by atoms with Gasteiger partial charge in [-0.1, -0.05) is 26.0 Å². The van der Waals surface area contributed by atoms with Crippen LogP contribution in [0.3, 0.4) is 0 Å². The Kier molecular flexibility index (Phi) is 7.67. The summed E-state index contributed by atoms with van der Waals surface area (Å²) in [5, 5.41) is 13.1. The highest BCUT2D eigenvalue weighted by Crippen LogP contribution is 2.39. The minimum atomic E-state index is -2.83. The summed E-state index contributed by atoms with van der Waals surface area (Å²) in [4.78, 5) is 2.29. The maximum absolute atomic E-state index is 12.4. The number of nitrogens with zero attached hydrogens (tertiary/aromatic N) is 1. The molecule has 1 saturated heterocycles. The first-order chi connectivity index (χ1) is 10.4. The lowest BCUT2D eigenvalue weighted by molar-refractivity contribution is -0.0500. The molecular formula is C16H25ClF2N2O2. The van der Waals surface area contributed by atoms with E-state index in [4.69, 9.17) is 0 Å². The van der Waals surface area contributed by atoms with Crippen molar-refractivity contribution in [1.29, 1.82) is 0 Å². The third-order valence-corrected chi connectivity index (χ3v) is 4.06. The Bertz CT molecular complexity index is 483. The Morgan fingerprint density at radius 3 is 2.52 bits per heavy atom. The predicted molar refractivity (Wildman–Crippen MR) is 88.4 cm³/mol. The molecule has 1 aliphatic rings. The van der Waals surface area contributed by atoms with E-state index in [1.807, 2.05) is 19.9 Å². The first kappa shape index (κ1) is 20.1. The normalized spacial score (nSPS) is 17.7. The lowest BCUT2D eigenvalue weighted by Crippen LogP contribution is -2.49. The van der Waals surface area contributed by atoms with Crippen molar-refractivity contribution in [3.05, 3.63) is 29.8 Å². The van der Waals surface area contributed by atoms with Crippen LogP contribution in [0, 0.1) is 5.41 Å². The molecular weight excluding hydrogens is 326 g/mol. The molecule has 7 heteroatoms. The van der Waals surface area contributed by atoms with Crippen LogP contribution in [0.1, 0.15) is 25.5 Å². The lowest BCUT2D eigenvalue weighted by atomic mass is 9.79. The second kappa shape index (κ2) is 8.78. The number of halogens is 3. The summed E-state index contributed by atoms with van der Waals surface area (Å²) < 4.78 is 29.4. The van der Waals surface area contributed by atoms with Crippen molar-refractivity contribution in [3.8, 4) is 5.75 Å². The molecule has 0 aromatic heterocycles. The maximum Gasteiger partial charge on any atom is 0.387 e. The Morgan fingerprint density at radius 2 is 1.96 bits per heavy atom. The molecule has 132 valence electrons. The van der Waals surface area contributed by atoms with E-state index in [-0.39, 0.29) is 36.2 Å². The van der Waals surface area contributed by atoms with Crippen molar-refractivity contribution in [2.75, 3.05) is 32.8 Å². The Balaban J connectivity index is 0.00000264. The van der Waals surface area contributed by atoms with Gasteiger partial charge in [-0.3, -0.25) is 4.90 Å². The van der Waals surface area contributed by atoms with Crippen LogP contribution in [-0.4, -0.2) is 49.4 Å². The SMILES string of the molecule is CC(C)(CO)[C@@H](c1cccc(OC(F)F)c1)N1CCNCC1.Cl. The van der Waals surface area contributed by atoms with Gasteiger partial charge in [-0.15, -0.1) is 12.4 Å². The number of benzene rings is 1. The van der Waals surface area contributed by atoms with Crippen molar-refractivity contribution >= 4 is 12.4 Å². The highest BCUT2D eigenvalue weighted by molar-refractivity contribution is 5.85. The molecule has 4 nitrogen and oxygen atoms in total. The molecule has 1 atom stereocenters. The molecule has 2 N–H and O–H groups in total. The van der Waals surface area contributed by atoms with Crippen LogP contribution in [0.5, 0.6) is 5.75 Å². The quantitative estimate of drug-likeness (QED) is 0.828. The number of rotatable bonds is 6. The molecule has 0 bridgehead atoms. The maximum atomic E-state index is 12.4. The summed E-state index contributed by atoms with van der Waals surface area (Å²) in [5.41, 5.74) is 0.500. The lowest BCUT2D eigenvalue weighted by Gasteiger charge is -2.43. The number of nitrogens with one attached hydrogen (secondary N) is 1. The van der Waals surface area contributed by atoms with Crippen LogP contribution >= 0.6 is 12.4 Å². The summed E-state index contributed by atoms with van der Waals surface area (Å²) in [5.74, 6) is 0.154. The van der Waals surface area contributed by atoms with Crippen molar-refractivity contribution in [2.45, 2.75) is 26.5 Å². The zero-order chi connectivity index (χ0) is 16.2. The standard InChI is InChI=1S/C16H24F2N2O2.ClH/c1-16(2,11-21)14(20-8-6-19-7-9-20)12-4-3-5-13(10-12)22-15(17)18;/h3-5,10,14-15,19,21H,6-9,11H2,1-2H3;1H/t14-;/m1./s1. The van der Waals surface area contributed by atoms with Gasteiger partial charge in [-0.2, -0.15) is 8.78 Å². The summed E-state index contributed by atoms with van der Waals surface area (Å²) in [6.07, 6.45) is 0. The summed E-state index contributed by atoms with van der Waals surface area (Å²) in [6, 6.07) is 6.74. The van der Waals surface area contributed by atoms with Gasteiger partial charge in [0.05, 0.1) is 0 Å². The molecule has 0 unspecified atom stereocenters. The molecule has 1 heterocycles. The summed E-state index contributed by atoms with van der Waals surface area (Å²) in [7, 11) is 0. The van der Waals surface area contributed by atoms with Crippen molar-refractivity contribution < 1.29 is 18.6 Å². The number of hydrogen-bond acceptors (Lipinski definition) is 4. The minimum Gasteiger partial charge on any atom is -0.435 e. The van der Waals surface area contributed by atoms with Gasteiger partial charge >= 0.3 is 6.61 Å². The van der Waals surface area contributed by atoms with Gasteiger partial charge in [0, 0.05) is 44.2 Å². The van der Waals surface area contributed by atoms with Crippen molar-refractivity contribution in [1.82, 2.24) is 10.2 Å². The number of alkyl halides is 2. The molecule has 2 rings (SSSR count). The smallest absolute Gasteiger partial charge is 0.387 e. The molecule has 1 aromatic carbocycles. The third kappa shape index (κ3) is 5.28. The zero-order valence-corrected chi connectivity index (χ0v) is 14.3. The van der Waals surface area contributed by atoms with Crippen LogP contribution < -0.4 is 10.1 Å². The molecule has 0 saturated carbocycles. The number of piperazine rings is 1. The highest BCUT2D eigenvalue weighted by Gasteiger charge is 2.35. The van der Waals surface area contributed by atoms with E-state index in [1.165, 1.54) is 6.07 Å². The van der Waals surface area contributed by atoms with Gasteiger partial charge < -0.3 is 15.2 Å². The van der Waals surface area contributed by atoms with E-state index in [0.717, 1.165) is 31.7 Å². The molecule has 0 amide bonds. The van der Waals surface area contributed by atoms with Gasteiger partial charge in [0.15, 0.2) is 0 Å². The minimum absolute atomic E-state index is 0. The van der Waals surface area contributed by atoms with E-state index < -0.39 is 6.61 Å². The fraction of sp³-hybridized carbons (Fsp3) is 0.625.